The van der Waals surface area contributed by atoms with Gasteiger partial charge in [0.1, 0.15) is 0 Å². The fraction of sp³-hybridized carbons (Fsp3) is 1.00. The number of aliphatic hydroxyl groups excluding tert-OH is 1. The lowest BCUT2D eigenvalue weighted by Gasteiger charge is -2.29. The lowest BCUT2D eigenvalue weighted by atomic mass is 9.89. The normalized spacial score (nSPS) is 34.2. The third-order valence-electron chi connectivity index (χ3n) is 2.43. The Labute approximate surface area is 62.6 Å². The number of rotatable bonds is 2. The van der Waals surface area contributed by atoms with Crippen LogP contribution in [0.3, 0.4) is 0 Å². The fourth-order valence-electron chi connectivity index (χ4n) is 1.67. The van der Waals surface area contributed by atoms with E-state index >= 15 is 0 Å². The van der Waals surface area contributed by atoms with Crippen LogP contribution in [0.2, 0.25) is 0 Å². The molecule has 1 saturated heterocycles. The molecule has 60 valence electrons. The van der Waals surface area contributed by atoms with Crippen LogP contribution in [0.5, 0.6) is 0 Å². The quantitative estimate of drug-likeness (QED) is 0.598. The largest absolute Gasteiger partial charge is 0.396 e. The zero-order valence-corrected chi connectivity index (χ0v) is 6.64. The summed E-state index contributed by atoms with van der Waals surface area (Å²) < 4.78 is 0. The van der Waals surface area contributed by atoms with E-state index in [0.717, 1.165) is 13.0 Å². The molecule has 2 heteroatoms. The first-order valence-corrected chi connectivity index (χ1v) is 4.19. The highest BCUT2D eigenvalue weighted by atomic mass is 16.3. The van der Waals surface area contributed by atoms with Gasteiger partial charge in [-0.25, -0.2) is 0 Å². The number of nitrogens with one attached hydrogen (secondary N) is 1. The molecule has 0 radical (unpaired) electrons. The molecule has 2 nitrogen and oxygen atoms in total. The minimum absolute atomic E-state index is 0.344. The first-order valence-electron chi connectivity index (χ1n) is 4.19. The maximum atomic E-state index is 8.71. The van der Waals surface area contributed by atoms with Gasteiger partial charge in [0, 0.05) is 12.6 Å². The summed E-state index contributed by atoms with van der Waals surface area (Å²) in [5.41, 5.74) is 0. The molecule has 0 amide bonds. The van der Waals surface area contributed by atoms with Crippen LogP contribution in [-0.4, -0.2) is 24.3 Å². The van der Waals surface area contributed by atoms with Crippen LogP contribution >= 0.6 is 0 Å². The Hall–Kier alpha value is -0.0800. The molecule has 2 unspecified atom stereocenters. The summed E-state index contributed by atoms with van der Waals surface area (Å²) in [4.78, 5) is 0. The molecule has 2 atom stereocenters. The molecule has 2 N–H and O–H groups in total. The topological polar surface area (TPSA) is 32.3 Å². The van der Waals surface area contributed by atoms with Gasteiger partial charge in [0.25, 0.3) is 0 Å². The van der Waals surface area contributed by atoms with Gasteiger partial charge in [0.05, 0.1) is 0 Å². The maximum absolute atomic E-state index is 8.71. The number of hydrogen-bond acceptors (Lipinski definition) is 2. The average Bonchev–Trinajstić information content (AvgIpc) is 1.94. The van der Waals surface area contributed by atoms with Crippen molar-refractivity contribution in [2.24, 2.45) is 5.92 Å². The van der Waals surface area contributed by atoms with Crippen molar-refractivity contribution in [3.63, 3.8) is 0 Å². The van der Waals surface area contributed by atoms with Crippen LogP contribution < -0.4 is 5.32 Å². The van der Waals surface area contributed by atoms with Gasteiger partial charge in [0.2, 0.25) is 0 Å². The molecule has 0 bridgehead atoms. The zero-order valence-electron chi connectivity index (χ0n) is 6.64. The molecule has 0 saturated carbocycles. The molecule has 0 aromatic rings. The summed E-state index contributed by atoms with van der Waals surface area (Å²) in [5.74, 6) is 0.707. The van der Waals surface area contributed by atoms with Gasteiger partial charge in [-0.05, 0) is 38.6 Å². The lowest BCUT2D eigenvalue weighted by Crippen LogP contribution is -2.39. The second-order valence-electron chi connectivity index (χ2n) is 3.16. The van der Waals surface area contributed by atoms with Gasteiger partial charge in [-0.1, -0.05) is 0 Å². The second-order valence-corrected chi connectivity index (χ2v) is 3.16. The maximum Gasteiger partial charge on any atom is 0.0434 e. The number of piperidine rings is 1. The van der Waals surface area contributed by atoms with E-state index in [9.17, 15) is 0 Å². The van der Waals surface area contributed by atoms with Crippen molar-refractivity contribution in [2.75, 3.05) is 13.2 Å². The van der Waals surface area contributed by atoms with Gasteiger partial charge < -0.3 is 10.4 Å². The Bertz CT molecular complexity index is 93.3. The molecule has 1 aliphatic rings. The summed E-state index contributed by atoms with van der Waals surface area (Å²) >= 11 is 0. The predicted molar refractivity (Wildman–Crippen MR) is 41.9 cm³/mol. The van der Waals surface area contributed by atoms with Crippen LogP contribution in [0.25, 0.3) is 0 Å². The van der Waals surface area contributed by atoms with Crippen molar-refractivity contribution >= 4 is 0 Å². The van der Waals surface area contributed by atoms with Crippen molar-refractivity contribution in [3.05, 3.63) is 0 Å². The Kier molecular flexibility index (Phi) is 3.16. The van der Waals surface area contributed by atoms with E-state index in [2.05, 4.69) is 12.2 Å². The smallest absolute Gasteiger partial charge is 0.0434 e. The van der Waals surface area contributed by atoms with E-state index < -0.39 is 0 Å². The standard InChI is InChI=1S/C8H17NO/c1-7-8(4-6-10)3-2-5-9-7/h7-10H,2-6H2,1H3. The summed E-state index contributed by atoms with van der Waals surface area (Å²) in [6, 6.07) is 0.612. The second kappa shape index (κ2) is 3.94. The molecule has 0 aromatic carbocycles. The third-order valence-corrected chi connectivity index (χ3v) is 2.43. The van der Waals surface area contributed by atoms with Gasteiger partial charge in [-0.15, -0.1) is 0 Å². The highest BCUT2D eigenvalue weighted by Gasteiger charge is 2.19. The first-order chi connectivity index (χ1) is 4.84. The number of hydrogen-bond donors (Lipinski definition) is 2. The van der Waals surface area contributed by atoms with Crippen LogP contribution in [-0.2, 0) is 0 Å². The van der Waals surface area contributed by atoms with Crippen LogP contribution in [0.4, 0.5) is 0 Å². The van der Waals surface area contributed by atoms with Gasteiger partial charge in [-0.3, -0.25) is 0 Å². The van der Waals surface area contributed by atoms with E-state index in [-0.39, 0.29) is 0 Å². The molecule has 0 aromatic heterocycles. The molecular weight excluding hydrogens is 126 g/mol. The van der Waals surface area contributed by atoms with Gasteiger partial charge >= 0.3 is 0 Å². The summed E-state index contributed by atoms with van der Waals surface area (Å²) in [6.45, 7) is 3.71. The van der Waals surface area contributed by atoms with Crippen molar-refractivity contribution in [1.29, 1.82) is 0 Å². The molecule has 1 fully saturated rings. The average molecular weight is 143 g/mol. The van der Waals surface area contributed by atoms with E-state index in [1.807, 2.05) is 0 Å². The first kappa shape index (κ1) is 8.02. The Morgan fingerprint density at radius 3 is 3.00 bits per heavy atom. The SMILES string of the molecule is CC1NCCCC1CCO. The van der Waals surface area contributed by atoms with E-state index in [0.29, 0.717) is 18.6 Å². The molecular formula is C8H17NO. The van der Waals surface area contributed by atoms with Crippen molar-refractivity contribution in [1.82, 2.24) is 5.32 Å². The van der Waals surface area contributed by atoms with Crippen LogP contribution in [0.1, 0.15) is 26.2 Å². The van der Waals surface area contributed by atoms with E-state index in [1.165, 1.54) is 12.8 Å². The summed E-state index contributed by atoms with van der Waals surface area (Å²) in [5, 5.41) is 12.1. The monoisotopic (exact) mass is 143 g/mol. The van der Waals surface area contributed by atoms with Crippen molar-refractivity contribution < 1.29 is 5.11 Å². The minimum atomic E-state index is 0.344. The highest BCUT2D eigenvalue weighted by molar-refractivity contribution is 4.76. The minimum Gasteiger partial charge on any atom is -0.396 e. The van der Waals surface area contributed by atoms with E-state index in [1.54, 1.807) is 0 Å². The Morgan fingerprint density at radius 1 is 1.60 bits per heavy atom. The van der Waals surface area contributed by atoms with Crippen LogP contribution in [0.15, 0.2) is 0 Å². The molecule has 10 heavy (non-hydrogen) atoms. The number of aliphatic hydroxyl groups is 1. The molecule has 1 aliphatic heterocycles. The third kappa shape index (κ3) is 1.96. The molecule has 0 spiro atoms. The van der Waals surface area contributed by atoms with E-state index in [4.69, 9.17) is 5.11 Å². The summed E-state index contributed by atoms with van der Waals surface area (Å²) in [6.07, 6.45) is 3.53. The molecule has 0 aliphatic carbocycles. The molecule has 1 heterocycles. The Morgan fingerprint density at radius 2 is 2.40 bits per heavy atom. The Balaban J connectivity index is 2.25. The van der Waals surface area contributed by atoms with Gasteiger partial charge in [-0.2, -0.15) is 0 Å². The predicted octanol–water partition coefficient (Wildman–Crippen LogP) is 0.757. The van der Waals surface area contributed by atoms with Crippen LogP contribution in [0, 0.1) is 5.92 Å². The van der Waals surface area contributed by atoms with Crippen molar-refractivity contribution in [3.8, 4) is 0 Å². The zero-order chi connectivity index (χ0) is 7.40. The summed E-state index contributed by atoms with van der Waals surface area (Å²) in [7, 11) is 0. The molecule has 1 rings (SSSR count). The highest BCUT2D eigenvalue weighted by Crippen LogP contribution is 2.18. The van der Waals surface area contributed by atoms with Gasteiger partial charge in [0.15, 0.2) is 0 Å². The lowest BCUT2D eigenvalue weighted by molar-refractivity contribution is 0.208. The van der Waals surface area contributed by atoms with Crippen molar-refractivity contribution in [2.45, 2.75) is 32.2 Å². The fourth-order valence-corrected chi connectivity index (χ4v) is 1.67.